The molecule has 6 nitrogen and oxygen atoms in total. The van der Waals surface area contributed by atoms with E-state index in [1.54, 1.807) is 16.7 Å². The fourth-order valence-corrected chi connectivity index (χ4v) is 3.36. The SMILES string of the molecule is CC[C@@H]1Cc2cc(OCC(F)F)c(OC)cc2-c2cc(=O)c(C(=O)O)cn21. The van der Waals surface area contributed by atoms with Crippen LogP contribution < -0.4 is 14.9 Å². The summed E-state index contributed by atoms with van der Waals surface area (Å²) in [6.45, 7) is 1.21. The molecule has 0 saturated carbocycles. The van der Waals surface area contributed by atoms with Gasteiger partial charge in [0.05, 0.1) is 12.8 Å². The number of carboxylic acid groups (broad SMARTS) is 1. The Hall–Kier alpha value is -2.90. The minimum absolute atomic E-state index is 0.0671. The molecule has 27 heavy (non-hydrogen) atoms. The van der Waals surface area contributed by atoms with E-state index in [1.165, 1.54) is 19.4 Å². The van der Waals surface area contributed by atoms with Gasteiger partial charge >= 0.3 is 5.97 Å². The number of aromatic nitrogens is 1. The van der Waals surface area contributed by atoms with Gasteiger partial charge in [0.1, 0.15) is 12.2 Å². The number of alkyl halides is 2. The number of carboxylic acids is 1. The summed E-state index contributed by atoms with van der Waals surface area (Å²) in [6, 6.07) is 4.51. The summed E-state index contributed by atoms with van der Waals surface area (Å²) in [6.07, 6.45) is 0.0108. The summed E-state index contributed by atoms with van der Waals surface area (Å²) >= 11 is 0. The third-order valence-electron chi connectivity index (χ3n) is 4.66. The number of rotatable bonds is 6. The Morgan fingerprint density at radius 2 is 2.07 bits per heavy atom. The highest BCUT2D eigenvalue weighted by molar-refractivity contribution is 5.87. The number of methoxy groups -OCH3 is 1. The standard InChI is InChI=1S/C19H19F2NO5/c1-3-11-4-10-5-17(27-9-18(20)21)16(26-2)6-12(10)14-7-15(23)13(19(24)25)8-22(11)14/h5-8,11,18H,3-4,9H2,1-2H3,(H,24,25)/t11-/m1/s1. The van der Waals surface area contributed by atoms with E-state index in [4.69, 9.17) is 9.47 Å². The largest absolute Gasteiger partial charge is 0.493 e. The highest BCUT2D eigenvalue weighted by atomic mass is 19.3. The minimum Gasteiger partial charge on any atom is -0.493 e. The molecule has 2 aromatic rings. The van der Waals surface area contributed by atoms with Gasteiger partial charge in [0.25, 0.3) is 6.43 Å². The smallest absolute Gasteiger partial charge is 0.341 e. The topological polar surface area (TPSA) is 77.8 Å². The normalized spacial score (nSPS) is 15.2. The Balaban J connectivity index is 2.17. The van der Waals surface area contributed by atoms with Crippen LogP contribution in [0.15, 0.2) is 29.2 Å². The summed E-state index contributed by atoms with van der Waals surface area (Å²) in [5.74, 6) is -0.792. The zero-order valence-electron chi connectivity index (χ0n) is 14.9. The highest BCUT2D eigenvalue weighted by Gasteiger charge is 2.27. The average molecular weight is 379 g/mol. The van der Waals surface area contributed by atoms with E-state index in [2.05, 4.69) is 0 Å². The molecule has 1 aliphatic rings. The van der Waals surface area contributed by atoms with Crippen molar-refractivity contribution in [1.29, 1.82) is 0 Å². The molecule has 0 amide bonds. The Morgan fingerprint density at radius 1 is 1.33 bits per heavy atom. The van der Waals surface area contributed by atoms with Gasteiger partial charge in [0.2, 0.25) is 0 Å². The Kier molecular flexibility index (Phi) is 5.16. The van der Waals surface area contributed by atoms with Crippen molar-refractivity contribution in [1.82, 2.24) is 4.57 Å². The van der Waals surface area contributed by atoms with Crippen molar-refractivity contribution in [3.8, 4) is 22.8 Å². The number of nitrogens with zero attached hydrogens (tertiary/aromatic N) is 1. The monoisotopic (exact) mass is 379 g/mol. The van der Waals surface area contributed by atoms with E-state index in [0.29, 0.717) is 24.1 Å². The number of fused-ring (bicyclic) bond motifs is 3. The summed E-state index contributed by atoms with van der Waals surface area (Å²) in [5, 5.41) is 9.23. The first-order valence-electron chi connectivity index (χ1n) is 8.47. The molecule has 8 heteroatoms. The van der Waals surface area contributed by atoms with Gasteiger partial charge in [0, 0.05) is 23.9 Å². The van der Waals surface area contributed by atoms with Crippen molar-refractivity contribution in [2.45, 2.75) is 32.2 Å². The molecule has 1 aliphatic heterocycles. The van der Waals surface area contributed by atoms with E-state index in [9.17, 15) is 23.5 Å². The number of ether oxygens (including phenoxy) is 2. The second-order valence-electron chi connectivity index (χ2n) is 6.28. The summed E-state index contributed by atoms with van der Waals surface area (Å²) in [4.78, 5) is 23.5. The van der Waals surface area contributed by atoms with Crippen molar-refractivity contribution in [2.24, 2.45) is 0 Å². The predicted molar refractivity (Wildman–Crippen MR) is 94.2 cm³/mol. The van der Waals surface area contributed by atoms with Crippen LogP contribution in [0.5, 0.6) is 11.5 Å². The van der Waals surface area contributed by atoms with Crippen LogP contribution in [0.2, 0.25) is 0 Å². The maximum Gasteiger partial charge on any atom is 0.341 e. The van der Waals surface area contributed by atoms with Gasteiger partial charge in [-0.1, -0.05) is 6.92 Å². The van der Waals surface area contributed by atoms with Crippen molar-refractivity contribution in [3.05, 3.63) is 45.7 Å². The van der Waals surface area contributed by atoms with Crippen molar-refractivity contribution >= 4 is 5.97 Å². The molecule has 0 radical (unpaired) electrons. The number of benzene rings is 1. The Labute approximate surface area is 154 Å². The summed E-state index contributed by atoms with van der Waals surface area (Å²) in [7, 11) is 1.40. The van der Waals surface area contributed by atoms with E-state index < -0.39 is 24.4 Å². The summed E-state index contributed by atoms with van der Waals surface area (Å²) in [5.41, 5.74) is 1.21. The molecule has 0 unspecified atom stereocenters. The molecule has 0 aliphatic carbocycles. The van der Waals surface area contributed by atoms with Gasteiger partial charge in [-0.25, -0.2) is 13.6 Å². The maximum absolute atomic E-state index is 12.5. The zero-order chi connectivity index (χ0) is 19.7. The molecular weight excluding hydrogens is 360 g/mol. The molecule has 0 saturated heterocycles. The molecule has 144 valence electrons. The van der Waals surface area contributed by atoms with E-state index in [-0.39, 0.29) is 23.1 Å². The van der Waals surface area contributed by atoms with Crippen LogP contribution in [-0.4, -0.2) is 35.8 Å². The average Bonchev–Trinajstić information content (AvgIpc) is 2.64. The number of pyridine rings is 1. The molecule has 3 rings (SSSR count). The van der Waals surface area contributed by atoms with E-state index >= 15 is 0 Å². The molecule has 0 spiro atoms. The third kappa shape index (κ3) is 3.51. The molecule has 2 heterocycles. The van der Waals surface area contributed by atoms with Crippen LogP contribution >= 0.6 is 0 Å². The fourth-order valence-electron chi connectivity index (χ4n) is 3.36. The molecule has 1 aromatic heterocycles. The molecular formula is C19H19F2NO5. The number of hydrogen-bond donors (Lipinski definition) is 1. The lowest BCUT2D eigenvalue weighted by Crippen LogP contribution is -2.25. The number of carbonyl (C=O) groups is 1. The molecule has 1 atom stereocenters. The van der Waals surface area contributed by atoms with Gasteiger partial charge in [-0.15, -0.1) is 0 Å². The first kappa shape index (κ1) is 18.9. The fraction of sp³-hybridized carbons (Fsp3) is 0.368. The van der Waals surface area contributed by atoms with Gasteiger partial charge in [-0.05, 0) is 30.5 Å². The number of aromatic carboxylic acids is 1. The number of hydrogen-bond acceptors (Lipinski definition) is 4. The summed E-state index contributed by atoms with van der Waals surface area (Å²) < 4.78 is 37.2. The number of halogens is 2. The second-order valence-corrected chi connectivity index (χ2v) is 6.28. The van der Waals surface area contributed by atoms with Crippen molar-refractivity contribution in [3.63, 3.8) is 0 Å². The van der Waals surface area contributed by atoms with Crippen LogP contribution in [0.4, 0.5) is 8.78 Å². The lowest BCUT2D eigenvalue weighted by molar-refractivity contribution is 0.0694. The van der Waals surface area contributed by atoms with Crippen LogP contribution in [0, 0.1) is 0 Å². The third-order valence-corrected chi connectivity index (χ3v) is 4.66. The van der Waals surface area contributed by atoms with Crippen LogP contribution in [0.25, 0.3) is 11.3 Å². The quantitative estimate of drug-likeness (QED) is 0.833. The zero-order valence-corrected chi connectivity index (χ0v) is 14.9. The lowest BCUT2D eigenvalue weighted by Gasteiger charge is -2.31. The first-order valence-corrected chi connectivity index (χ1v) is 8.47. The van der Waals surface area contributed by atoms with Gasteiger partial charge in [-0.3, -0.25) is 4.79 Å². The Morgan fingerprint density at radius 3 is 2.67 bits per heavy atom. The lowest BCUT2D eigenvalue weighted by atomic mass is 9.90. The predicted octanol–water partition coefficient (Wildman–Crippen LogP) is 3.37. The van der Waals surface area contributed by atoms with Gasteiger partial charge in [-0.2, -0.15) is 0 Å². The van der Waals surface area contributed by atoms with Crippen LogP contribution in [0.1, 0.15) is 35.3 Å². The first-order chi connectivity index (χ1) is 12.8. The molecule has 1 aromatic carbocycles. The van der Waals surface area contributed by atoms with E-state index in [1.807, 2.05) is 6.92 Å². The maximum atomic E-state index is 12.5. The molecule has 0 bridgehead atoms. The van der Waals surface area contributed by atoms with Crippen LogP contribution in [0.3, 0.4) is 0 Å². The molecule has 1 N–H and O–H groups in total. The van der Waals surface area contributed by atoms with Crippen molar-refractivity contribution < 1.29 is 28.2 Å². The van der Waals surface area contributed by atoms with E-state index in [0.717, 1.165) is 5.56 Å². The highest BCUT2D eigenvalue weighted by Crippen LogP contribution is 2.41. The second kappa shape index (κ2) is 7.38. The Bertz CT molecular complexity index is 938. The van der Waals surface area contributed by atoms with Crippen molar-refractivity contribution in [2.75, 3.05) is 13.7 Å². The molecule has 0 fully saturated rings. The van der Waals surface area contributed by atoms with Crippen LogP contribution in [-0.2, 0) is 6.42 Å². The van der Waals surface area contributed by atoms with Gasteiger partial charge < -0.3 is 19.1 Å². The minimum atomic E-state index is -2.61. The van der Waals surface area contributed by atoms with Gasteiger partial charge in [0.15, 0.2) is 16.9 Å².